The highest BCUT2D eigenvalue weighted by atomic mass is 35.5. The molecule has 0 bridgehead atoms. The van der Waals surface area contributed by atoms with Crippen LogP contribution in [0.5, 0.6) is 0 Å². The lowest BCUT2D eigenvalue weighted by Gasteiger charge is -2.07. The van der Waals surface area contributed by atoms with Crippen LogP contribution < -0.4 is 0 Å². The summed E-state index contributed by atoms with van der Waals surface area (Å²) in [4.78, 5) is 11.2. The van der Waals surface area contributed by atoms with Crippen molar-refractivity contribution in [1.82, 2.24) is 0 Å². The molecule has 0 aliphatic rings. The number of aryl methyl sites for hydroxylation is 1. The Hall–Kier alpha value is -0.890. The van der Waals surface area contributed by atoms with Gasteiger partial charge in [0.25, 0.3) is 0 Å². The molecule has 0 spiro atoms. The van der Waals surface area contributed by atoms with Gasteiger partial charge >= 0.3 is 0 Å². The molecule has 0 saturated carbocycles. The van der Waals surface area contributed by atoms with E-state index in [1.807, 2.05) is 6.07 Å². The molecule has 1 rings (SSSR count). The number of halogens is 2. The maximum atomic E-state index is 12.8. The predicted molar refractivity (Wildman–Crippen MR) is 59.4 cm³/mol. The third-order valence-electron chi connectivity index (χ3n) is 2.28. The highest BCUT2D eigenvalue weighted by molar-refractivity contribution is 6.29. The number of benzene rings is 1. The van der Waals surface area contributed by atoms with Crippen molar-refractivity contribution < 1.29 is 9.18 Å². The molecule has 1 aromatic rings. The first-order chi connectivity index (χ1) is 7.13. The lowest BCUT2D eigenvalue weighted by atomic mass is 9.98. The SMILES string of the molecule is C[C](CCc1cccc(F)c1)C(=O)CCl. The third-order valence-corrected chi connectivity index (χ3v) is 2.52. The number of hydrogen-bond donors (Lipinski definition) is 0. The van der Waals surface area contributed by atoms with Gasteiger partial charge in [-0.15, -0.1) is 11.6 Å². The Bertz CT molecular complexity index is 338. The van der Waals surface area contributed by atoms with E-state index in [1.54, 1.807) is 13.0 Å². The normalized spacial score (nSPS) is 10.7. The summed E-state index contributed by atoms with van der Waals surface area (Å²) in [7, 11) is 0. The Labute approximate surface area is 94.3 Å². The number of carbonyl (C=O) groups excluding carboxylic acids is 1. The van der Waals surface area contributed by atoms with Crippen LogP contribution in [0.2, 0.25) is 0 Å². The number of hydrogen-bond acceptors (Lipinski definition) is 1. The molecule has 0 heterocycles. The average Bonchev–Trinajstić information content (AvgIpc) is 2.25. The van der Waals surface area contributed by atoms with E-state index >= 15 is 0 Å². The lowest BCUT2D eigenvalue weighted by molar-refractivity contribution is -0.115. The molecule has 0 atom stereocenters. The summed E-state index contributed by atoms with van der Waals surface area (Å²) >= 11 is 5.42. The van der Waals surface area contributed by atoms with Crippen molar-refractivity contribution in [3.8, 4) is 0 Å². The second kappa shape index (κ2) is 5.86. The largest absolute Gasteiger partial charge is 0.298 e. The van der Waals surface area contributed by atoms with E-state index in [0.717, 1.165) is 11.5 Å². The van der Waals surface area contributed by atoms with Crippen LogP contribution in [0.1, 0.15) is 18.9 Å². The molecule has 15 heavy (non-hydrogen) atoms. The minimum Gasteiger partial charge on any atom is -0.298 e. The monoisotopic (exact) mass is 227 g/mol. The van der Waals surface area contributed by atoms with E-state index in [-0.39, 0.29) is 17.5 Å². The maximum Gasteiger partial charge on any atom is 0.154 e. The van der Waals surface area contributed by atoms with E-state index in [1.165, 1.54) is 12.1 Å². The van der Waals surface area contributed by atoms with Crippen molar-refractivity contribution in [2.75, 3.05) is 5.88 Å². The van der Waals surface area contributed by atoms with Crippen LogP contribution in [0.3, 0.4) is 0 Å². The van der Waals surface area contributed by atoms with Gasteiger partial charge in [-0.3, -0.25) is 4.79 Å². The number of Topliss-reactive ketones (excluding diaryl/α,β-unsaturated/α-hetero) is 1. The van der Waals surface area contributed by atoms with Gasteiger partial charge in [0.15, 0.2) is 5.78 Å². The molecule has 81 valence electrons. The Morgan fingerprint density at radius 1 is 1.47 bits per heavy atom. The van der Waals surface area contributed by atoms with Gasteiger partial charge in [0.2, 0.25) is 0 Å². The Balaban J connectivity index is 2.47. The minimum atomic E-state index is -0.242. The van der Waals surface area contributed by atoms with Crippen molar-refractivity contribution in [3.63, 3.8) is 0 Å². The molecular formula is C12H13ClFO. The quantitative estimate of drug-likeness (QED) is 0.707. The van der Waals surface area contributed by atoms with Gasteiger partial charge in [-0.2, -0.15) is 0 Å². The highest BCUT2D eigenvalue weighted by Crippen LogP contribution is 2.13. The molecule has 3 heteroatoms. The standard InChI is InChI=1S/C12H13ClFO/c1-9(12(15)8-13)5-6-10-3-2-4-11(14)7-10/h2-4,7H,5-6,8H2,1H3. The second-order valence-electron chi connectivity index (χ2n) is 3.47. The van der Waals surface area contributed by atoms with Crippen molar-refractivity contribution in [2.45, 2.75) is 19.8 Å². The van der Waals surface area contributed by atoms with Crippen LogP contribution in [-0.4, -0.2) is 11.7 Å². The highest BCUT2D eigenvalue weighted by Gasteiger charge is 2.12. The van der Waals surface area contributed by atoms with Crippen LogP contribution in [0.25, 0.3) is 0 Å². The molecule has 0 N–H and O–H groups in total. The zero-order chi connectivity index (χ0) is 11.3. The molecule has 0 fully saturated rings. The Morgan fingerprint density at radius 3 is 2.80 bits per heavy atom. The van der Waals surface area contributed by atoms with Gasteiger partial charge in [0.1, 0.15) is 5.82 Å². The maximum absolute atomic E-state index is 12.8. The van der Waals surface area contributed by atoms with Crippen LogP contribution in [0.4, 0.5) is 4.39 Å². The minimum absolute atomic E-state index is 0.0228. The number of alkyl halides is 1. The summed E-state index contributed by atoms with van der Waals surface area (Å²) in [5.41, 5.74) is 0.900. The first-order valence-corrected chi connectivity index (χ1v) is 5.33. The van der Waals surface area contributed by atoms with E-state index < -0.39 is 0 Å². The van der Waals surface area contributed by atoms with Crippen LogP contribution in [0, 0.1) is 11.7 Å². The molecule has 0 aromatic heterocycles. The fraction of sp³-hybridized carbons (Fsp3) is 0.333. The van der Waals surface area contributed by atoms with Crippen molar-refractivity contribution in [2.24, 2.45) is 0 Å². The molecular weight excluding hydrogens is 215 g/mol. The smallest absolute Gasteiger partial charge is 0.154 e. The molecule has 1 radical (unpaired) electrons. The van der Waals surface area contributed by atoms with Crippen molar-refractivity contribution in [1.29, 1.82) is 0 Å². The lowest BCUT2D eigenvalue weighted by Crippen LogP contribution is -2.10. The summed E-state index contributed by atoms with van der Waals surface area (Å²) in [6.07, 6.45) is 1.31. The first-order valence-electron chi connectivity index (χ1n) is 4.79. The van der Waals surface area contributed by atoms with E-state index in [4.69, 9.17) is 11.6 Å². The van der Waals surface area contributed by atoms with Gasteiger partial charge < -0.3 is 0 Å². The van der Waals surface area contributed by atoms with Crippen LogP contribution >= 0.6 is 11.6 Å². The molecule has 1 aromatic carbocycles. The molecule has 0 aliphatic carbocycles. The number of ketones is 1. The summed E-state index contributed by atoms with van der Waals surface area (Å²) in [6.45, 7) is 1.77. The number of rotatable bonds is 5. The summed E-state index contributed by atoms with van der Waals surface area (Å²) in [6, 6.07) is 6.41. The molecule has 0 amide bonds. The van der Waals surface area contributed by atoms with Gasteiger partial charge in [-0.1, -0.05) is 19.1 Å². The van der Waals surface area contributed by atoms with Gasteiger partial charge in [0, 0.05) is 5.92 Å². The van der Waals surface area contributed by atoms with Gasteiger partial charge in [-0.05, 0) is 30.5 Å². The van der Waals surface area contributed by atoms with Crippen LogP contribution in [-0.2, 0) is 11.2 Å². The Morgan fingerprint density at radius 2 is 2.20 bits per heavy atom. The molecule has 0 aliphatic heterocycles. The van der Waals surface area contributed by atoms with Gasteiger partial charge in [0.05, 0.1) is 5.88 Å². The molecule has 0 unspecified atom stereocenters. The van der Waals surface area contributed by atoms with Gasteiger partial charge in [-0.25, -0.2) is 4.39 Å². The average molecular weight is 228 g/mol. The fourth-order valence-corrected chi connectivity index (χ4v) is 1.51. The molecule has 1 nitrogen and oxygen atoms in total. The van der Waals surface area contributed by atoms with E-state index in [0.29, 0.717) is 12.8 Å². The molecule has 0 saturated heterocycles. The summed E-state index contributed by atoms with van der Waals surface area (Å²) in [5.74, 6) is 0.491. The van der Waals surface area contributed by atoms with E-state index in [9.17, 15) is 9.18 Å². The predicted octanol–water partition coefficient (Wildman–Crippen LogP) is 3.16. The second-order valence-corrected chi connectivity index (χ2v) is 3.73. The van der Waals surface area contributed by atoms with Crippen molar-refractivity contribution in [3.05, 3.63) is 41.6 Å². The zero-order valence-corrected chi connectivity index (χ0v) is 9.35. The fourth-order valence-electron chi connectivity index (χ4n) is 1.28. The zero-order valence-electron chi connectivity index (χ0n) is 8.59. The van der Waals surface area contributed by atoms with Crippen molar-refractivity contribution >= 4 is 17.4 Å². The van der Waals surface area contributed by atoms with Crippen LogP contribution in [0.15, 0.2) is 24.3 Å². The third kappa shape index (κ3) is 4.00. The van der Waals surface area contributed by atoms with E-state index in [2.05, 4.69) is 0 Å². The Kier molecular flexibility index (Phi) is 4.76. The summed E-state index contributed by atoms with van der Waals surface area (Å²) < 4.78 is 12.8. The number of carbonyl (C=O) groups is 1. The first kappa shape index (κ1) is 12.2. The topological polar surface area (TPSA) is 17.1 Å². The summed E-state index contributed by atoms with van der Waals surface area (Å²) in [5, 5.41) is 0.